The van der Waals surface area contributed by atoms with Crippen molar-refractivity contribution >= 4 is 33.7 Å². The molecule has 0 unspecified atom stereocenters. The first-order valence-electron chi connectivity index (χ1n) is 10.4. The molecule has 5 rings (SSSR count). The molecule has 32 heavy (non-hydrogen) atoms. The Bertz CT molecular complexity index is 1410. The number of hydrogen-bond acceptors (Lipinski definition) is 5. The smallest absolute Gasteiger partial charge is 0.224 e. The molecule has 5 aromatic heterocycles. The minimum atomic E-state index is -0.0834. The summed E-state index contributed by atoms with van der Waals surface area (Å²) in [6.07, 6.45) is 7.38. The van der Waals surface area contributed by atoms with Gasteiger partial charge in [-0.1, -0.05) is 20.8 Å². The number of aromatic amines is 2. The van der Waals surface area contributed by atoms with Crippen molar-refractivity contribution in [1.82, 2.24) is 30.1 Å². The number of amides is 1. The summed E-state index contributed by atoms with van der Waals surface area (Å²) >= 11 is 0. The largest absolute Gasteiger partial charge is 0.352 e. The molecular weight excluding hydrogens is 402 g/mol. The normalized spacial score (nSPS) is 11.8. The zero-order valence-electron chi connectivity index (χ0n) is 18.1. The van der Waals surface area contributed by atoms with E-state index < -0.39 is 0 Å². The molecule has 0 aliphatic rings. The minimum Gasteiger partial charge on any atom is -0.352 e. The molecule has 0 fully saturated rings. The van der Waals surface area contributed by atoms with Crippen LogP contribution in [-0.2, 0) is 4.79 Å². The molecule has 3 N–H and O–H groups in total. The first kappa shape index (κ1) is 19.9. The molecule has 1 amide bonds. The Morgan fingerprint density at radius 1 is 1.06 bits per heavy atom. The van der Waals surface area contributed by atoms with E-state index in [2.05, 4.69) is 35.5 Å². The number of anilines is 1. The second-order valence-electron chi connectivity index (χ2n) is 9.06. The lowest BCUT2D eigenvalue weighted by Gasteiger charge is -2.17. The van der Waals surface area contributed by atoms with Gasteiger partial charge in [-0.3, -0.25) is 19.9 Å². The Morgan fingerprint density at radius 2 is 1.91 bits per heavy atom. The quantitative estimate of drug-likeness (QED) is 0.378. The molecule has 5 heterocycles. The third-order valence-corrected chi connectivity index (χ3v) is 5.11. The second kappa shape index (κ2) is 7.56. The summed E-state index contributed by atoms with van der Waals surface area (Å²) in [5, 5.41) is 11.3. The van der Waals surface area contributed by atoms with Crippen LogP contribution in [0.5, 0.6) is 0 Å². The summed E-state index contributed by atoms with van der Waals surface area (Å²) in [6.45, 7) is 6.11. The highest BCUT2D eigenvalue weighted by atomic mass is 16.1. The summed E-state index contributed by atoms with van der Waals surface area (Å²) in [6, 6.07) is 9.78. The molecule has 5 aromatic rings. The lowest BCUT2D eigenvalue weighted by molar-refractivity contribution is -0.117. The molecule has 0 aliphatic carbocycles. The van der Waals surface area contributed by atoms with Gasteiger partial charge in [-0.05, 0) is 35.7 Å². The monoisotopic (exact) mass is 425 g/mol. The first-order chi connectivity index (χ1) is 15.4. The van der Waals surface area contributed by atoms with Gasteiger partial charge in [-0.2, -0.15) is 5.10 Å². The van der Waals surface area contributed by atoms with Crippen LogP contribution in [0.4, 0.5) is 5.69 Å². The fraction of sp³-hybridized carbons (Fsp3) is 0.208. The van der Waals surface area contributed by atoms with Crippen molar-refractivity contribution in [1.29, 1.82) is 0 Å². The molecule has 0 radical (unpaired) electrons. The third-order valence-electron chi connectivity index (χ3n) is 5.11. The number of fused-ring (bicyclic) bond motifs is 2. The number of carbonyl (C=O) groups excluding carboxylic acids is 1. The fourth-order valence-electron chi connectivity index (χ4n) is 3.70. The molecule has 0 aliphatic heterocycles. The molecule has 8 heteroatoms. The molecular formula is C24H23N7O. The number of hydrogen-bond donors (Lipinski definition) is 3. The van der Waals surface area contributed by atoms with Gasteiger partial charge in [0, 0.05) is 41.5 Å². The molecule has 0 saturated carbocycles. The number of H-pyrrole nitrogens is 2. The number of nitrogens with zero attached hydrogens (tertiary/aromatic N) is 4. The zero-order chi connectivity index (χ0) is 22.3. The Labute approximate surface area is 184 Å². The van der Waals surface area contributed by atoms with Gasteiger partial charge in [-0.25, -0.2) is 4.98 Å². The standard InChI is InChI=1S/C24H23N7O/c1-24(2,3)10-21(32)28-16-7-14(11-25-13-16)15-8-17-22(30-31-23(17)27-12-15)20-9-19-18(29-20)5-4-6-26-19/h4-9,11-13,29H,10H2,1-3H3,(H,28,32)(H,27,30,31). The van der Waals surface area contributed by atoms with Crippen molar-refractivity contribution in [3.05, 3.63) is 55.1 Å². The average Bonchev–Trinajstić information content (AvgIpc) is 3.35. The Hall–Kier alpha value is -4.07. The highest BCUT2D eigenvalue weighted by Crippen LogP contribution is 2.31. The van der Waals surface area contributed by atoms with Crippen LogP contribution < -0.4 is 5.32 Å². The van der Waals surface area contributed by atoms with E-state index in [4.69, 9.17) is 0 Å². The topological polar surface area (TPSA) is 112 Å². The van der Waals surface area contributed by atoms with Gasteiger partial charge < -0.3 is 10.3 Å². The molecule has 0 bridgehead atoms. The first-order valence-corrected chi connectivity index (χ1v) is 10.4. The van der Waals surface area contributed by atoms with Crippen molar-refractivity contribution in [3.63, 3.8) is 0 Å². The van der Waals surface area contributed by atoms with Crippen LogP contribution in [0.1, 0.15) is 27.2 Å². The van der Waals surface area contributed by atoms with Crippen molar-refractivity contribution in [3.8, 4) is 22.5 Å². The van der Waals surface area contributed by atoms with Crippen LogP contribution in [-0.4, -0.2) is 36.0 Å². The van der Waals surface area contributed by atoms with E-state index in [1.807, 2.05) is 51.1 Å². The number of aromatic nitrogens is 6. The van der Waals surface area contributed by atoms with Gasteiger partial charge in [0.2, 0.25) is 5.91 Å². The van der Waals surface area contributed by atoms with Crippen LogP contribution in [0.2, 0.25) is 0 Å². The summed E-state index contributed by atoms with van der Waals surface area (Å²) in [4.78, 5) is 28.9. The SMILES string of the molecule is CC(C)(C)CC(=O)Nc1cncc(-c2cnc3[nH]nc(-c4cc5ncccc5[nH]4)c3c2)c1. The predicted octanol–water partition coefficient (Wildman–Crippen LogP) is 4.94. The van der Waals surface area contributed by atoms with Crippen LogP contribution in [0.25, 0.3) is 44.6 Å². The van der Waals surface area contributed by atoms with E-state index in [0.29, 0.717) is 17.8 Å². The van der Waals surface area contributed by atoms with Crippen molar-refractivity contribution in [2.45, 2.75) is 27.2 Å². The second-order valence-corrected chi connectivity index (χ2v) is 9.06. The van der Waals surface area contributed by atoms with E-state index in [9.17, 15) is 4.79 Å². The Morgan fingerprint density at radius 3 is 2.72 bits per heavy atom. The molecule has 0 aromatic carbocycles. The van der Waals surface area contributed by atoms with Gasteiger partial charge in [0.25, 0.3) is 0 Å². The lowest BCUT2D eigenvalue weighted by Crippen LogP contribution is -2.19. The van der Waals surface area contributed by atoms with Gasteiger partial charge in [-0.15, -0.1) is 0 Å². The van der Waals surface area contributed by atoms with Gasteiger partial charge in [0.15, 0.2) is 5.65 Å². The average molecular weight is 425 g/mol. The Balaban J connectivity index is 1.49. The highest BCUT2D eigenvalue weighted by molar-refractivity contribution is 5.96. The maximum atomic E-state index is 12.3. The van der Waals surface area contributed by atoms with E-state index >= 15 is 0 Å². The molecule has 0 atom stereocenters. The fourth-order valence-corrected chi connectivity index (χ4v) is 3.70. The van der Waals surface area contributed by atoms with E-state index in [0.717, 1.165) is 38.9 Å². The van der Waals surface area contributed by atoms with Crippen molar-refractivity contribution in [2.75, 3.05) is 5.32 Å². The minimum absolute atomic E-state index is 0.0328. The number of nitrogens with one attached hydrogen (secondary N) is 3. The van der Waals surface area contributed by atoms with Crippen LogP contribution in [0, 0.1) is 5.41 Å². The van der Waals surface area contributed by atoms with Crippen LogP contribution >= 0.6 is 0 Å². The highest BCUT2D eigenvalue weighted by Gasteiger charge is 2.17. The summed E-state index contributed by atoms with van der Waals surface area (Å²) < 4.78 is 0. The van der Waals surface area contributed by atoms with Crippen molar-refractivity contribution < 1.29 is 4.79 Å². The van der Waals surface area contributed by atoms with E-state index in [1.165, 1.54) is 0 Å². The summed E-state index contributed by atoms with van der Waals surface area (Å²) in [5.41, 5.74) is 6.48. The third kappa shape index (κ3) is 3.94. The maximum Gasteiger partial charge on any atom is 0.224 e. The molecule has 0 spiro atoms. The van der Waals surface area contributed by atoms with E-state index in [1.54, 1.807) is 24.8 Å². The Kier molecular flexibility index (Phi) is 4.70. The molecule has 160 valence electrons. The summed E-state index contributed by atoms with van der Waals surface area (Å²) in [7, 11) is 0. The number of carbonyl (C=O) groups is 1. The zero-order valence-corrected chi connectivity index (χ0v) is 18.1. The van der Waals surface area contributed by atoms with E-state index in [-0.39, 0.29) is 11.3 Å². The van der Waals surface area contributed by atoms with Gasteiger partial charge >= 0.3 is 0 Å². The number of pyridine rings is 3. The van der Waals surface area contributed by atoms with Crippen LogP contribution in [0.15, 0.2) is 55.1 Å². The van der Waals surface area contributed by atoms with Gasteiger partial charge in [0.05, 0.1) is 28.6 Å². The molecule has 0 saturated heterocycles. The van der Waals surface area contributed by atoms with Crippen LogP contribution in [0.3, 0.4) is 0 Å². The lowest BCUT2D eigenvalue weighted by atomic mass is 9.92. The maximum absolute atomic E-state index is 12.3. The molecule has 8 nitrogen and oxygen atoms in total. The van der Waals surface area contributed by atoms with Crippen molar-refractivity contribution in [2.24, 2.45) is 5.41 Å². The number of rotatable bonds is 4. The summed E-state index contributed by atoms with van der Waals surface area (Å²) in [5.74, 6) is -0.0328. The van der Waals surface area contributed by atoms with Gasteiger partial charge in [0.1, 0.15) is 5.69 Å². The predicted molar refractivity (Wildman–Crippen MR) is 125 cm³/mol.